The van der Waals surface area contributed by atoms with Crippen LogP contribution >= 0.6 is 0 Å². The lowest BCUT2D eigenvalue weighted by Gasteiger charge is -2.33. The van der Waals surface area contributed by atoms with Crippen LogP contribution in [0.25, 0.3) is 0 Å². The normalized spacial score (nSPS) is 16.9. The molecule has 1 aliphatic carbocycles. The second-order valence-electron chi connectivity index (χ2n) is 9.58. The van der Waals surface area contributed by atoms with Crippen molar-refractivity contribution >= 4 is 17.7 Å². The molecule has 1 saturated heterocycles. The summed E-state index contributed by atoms with van der Waals surface area (Å²) in [5, 5.41) is 9.53. The minimum absolute atomic E-state index is 0.0260. The molecule has 0 bridgehead atoms. The number of carbonyl (C=O) groups is 2. The fourth-order valence-electron chi connectivity index (χ4n) is 3.71. The monoisotopic (exact) mass is 445 g/mol. The van der Waals surface area contributed by atoms with Crippen LogP contribution in [-0.2, 0) is 14.3 Å². The van der Waals surface area contributed by atoms with Crippen LogP contribution in [0, 0.1) is 23.2 Å². The Bertz CT molecular complexity index is 865. The molecule has 1 aromatic carbocycles. The Morgan fingerprint density at radius 1 is 1.22 bits per heavy atom. The number of amides is 1. The first-order valence-corrected chi connectivity index (χ1v) is 11.3. The fourth-order valence-corrected chi connectivity index (χ4v) is 3.71. The molecule has 2 aliphatic rings. The van der Waals surface area contributed by atoms with Gasteiger partial charge >= 0.3 is 12.1 Å². The summed E-state index contributed by atoms with van der Waals surface area (Å²) < 4.78 is 25.1. The van der Waals surface area contributed by atoms with Crippen molar-refractivity contribution in [3.8, 4) is 6.19 Å². The predicted octanol–water partition coefficient (Wildman–Crippen LogP) is 4.57. The number of piperidine rings is 1. The molecular formula is C24H32FN3O4. The molecule has 174 valence electrons. The SMILES string of the molecule is CC(C)(C)OC(=O)N1CCC(c2ccc(F)c(N(C#N)CCC(=O)OCC3CC3)c2)CC1. The number of nitrogens with zero attached hydrogens (tertiary/aromatic N) is 3. The Balaban J connectivity index is 1.58. The van der Waals surface area contributed by atoms with E-state index in [0.29, 0.717) is 25.6 Å². The Labute approximate surface area is 189 Å². The van der Waals surface area contributed by atoms with Crippen molar-refractivity contribution < 1.29 is 23.5 Å². The first-order chi connectivity index (χ1) is 15.2. The van der Waals surface area contributed by atoms with Gasteiger partial charge in [0.15, 0.2) is 6.19 Å². The van der Waals surface area contributed by atoms with Crippen molar-refractivity contribution in [2.75, 3.05) is 31.1 Å². The van der Waals surface area contributed by atoms with Gasteiger partial charge in [-0.15, -0.1) is 0 Å². The van der Waals surface area contributed by atoms with Crippen LogP contribution in [0.5, 0.6) is 0 Å². The van der Waals surface area contributed by atoms with Gasteiger partial charge in [-0.3, -0.25) is 9.69 Å². The van der Waals surface area contributed by atoms with E-state index >= 15 is 0 Å². The highest BCUT2D eigenvalue weighted by Crippen LogP contribution is 2.32. The average Bonchev–Trinajstić information content (AvgIpc) is 3.57. The number of nitriles is 1. The van der Waals surface area contributed by atoms with Crippen molar-refractivity contribution in [3.05, 3.63) is 29.6 Å². The van der Waals surface area contributed by atoms with Gasteiger partial charge in [-0.25, -0.2) is 9.18 Å². The van der Waals surface area contributed by atoms with E-state index in [2.05, 4.69) is 0 Å². The average molecular weight is 446 g/mol. The van der Waals surface area contributed by atoms with Crippen LogP contribution < -0.4 is 4.90 Å². The minimum atomic E-state index is -0.537. The third-order valence-electron chi connectivity index (χ3n) is 5.72. The Kier molecular flexibility index (Phi) is 7.60. The molecule has 0 radical (unpaired) electrons. The van der Waals surface area contributed by atoms with Gasteiger partial charge in [-0.05, 0) is 76.0 Å². The Morgan fingerprint density at radius 3 is 2.50 bits per heavy atom. The summed E-state index contributed by atoms with van der Waals surface area (Å²) in [6.45, 7) is 7.12. The Morgan fingerprint density at radius 2 is 1.91 bits per heavy atom. The van der Waals surface area contributed by atoms with Crippen LogP contribution in [0.4, 0.5) is 14.9 Å². The summed E-state index contributed by atoms with van der Waals surface area (Å²) in [6.07, 6.45) is 5.32. The molecule has 1 amide bonds. The van der Waals surface area contributed by atoms with E-state index < -0.39 is 11.4 Å². The van der Waals surface area contributed by atoms with Crippen LogP contribution in [0.3, 0.4) is 0 Å². The predicted molar refractivity (Wildman–Crippen MR) is 117 cm³/mol. The van der Waals surface area contributed by atoms with Gasteiger partial charge in [0.1, 0.15) is 11.4 Å². The van der Waals surface area contributed by atoms with E-state index in [1.807, 2.05) is 27.0 Å². The zero-order chi connectivity index (χ0) is 23.3. The molecule has 7 nitrogen and oxygen atoms in total. The molecule has 1 aliphatic heterocycles. The molecular weight excluding hydrogens is 413 g/mol. The van der Waals surface area contributed by atoms with Gasteiger partial charge in [-0.2, -0.15) is 5.26 Å². The number of benzene rings is 1. The number of esters is 1. The molecule has 0 aromatic heterocycles. The van der Waals surface area contributed by atoms with Crippen LogP contribution in [0.1, 0.15) is 64.4 Å². The zero-order valence-corrected chi connectivity index (χ0v) is 19.1. The van der Waals surface area contributed by atoms with Gasteiger partial charge in [0.05, 0.1) is 18.7 Å². The zero-order valence-electron chi connectivity index (χ0n) is 19.1. The number of hydrogen-bond acceptors (Lipinski definition) is 6. The van der Waals surface area contributed by atoms with E-state index in [0.717, 1.165) is 31.2 Å². The second-order valence-corrected chi connectivity index (χ2v) is 9.58. The van der Waals surface area contributed by atoms with E-state index in [4.69, 9.17) is 9.47 Å². The summed E-state index contributed by atoms with van der Waals surface area (Å²) in [5.74, 6) is -0.255. The van der Waals surface area contributed by atoms with Gasteiger partial charge < -0.3 is 14.4 Å². The first-order valence-electron chi connectivity index (χ1n) is 11.3. The molecule has 0 N–H and O–H groups in total. The fraction of sp³-hybridized carbons (Fsp3) is 0.625. The number of rotatable bonds is 7. The van der Waals surface area contributed by atoms with Crippen LogP contribution in [0.2, 0.25) is 0 Å². The molecule has 1 aromatic rings. The van der Waals surface area contributed by atoms with Gasteiger partial charge in [-0.1, -0.05) is 6.07 Å². The molecule has 1 heterocycles. The second kappa shape index (κ2) is 10.2. The Hall–Kier alpha value is -2.82. The lowest BCUT2D eigenvalue weighted by molar-refractivity contribution is -0.143. The molecule has 8 heteroatoms. The van der Waals surface area contributed by atoms with Crippen molar-refractivity contribution in [1.82, 2.24) is 4.90 Å². The maximum Gasteiger partial charge on any atom is 0.410 e. The first kappa shape index (κ1) is 23.8. The summed E-state index contributed by atoms with van der Waals surface area (Å²) in [5.41, 5.74) is 0.543. The topological polar surface area (TPSA) is 82.9 Å². The van der Waals surface area contributed by atoms with E-state index in [1.165, 1.54) is 11.0 Å². The maximum atomic E-state index is 14.5. The summed E-state index contributed by atoms with van der Waals surface area (Å²) in [7, 11) is 0. The highest BCUT2D eigenvalue weighted by molar-refractivity contribution is 5.70. The van der Waals surface area contributed by atoms with Gasteiger partial charge in [0.25, 0.3) is 0 Å². The maximum absolute atomic E-state index is 14.5. The quantitative estimate of drug-likeness (QED) is 0.347. The number of carbonyl (C=O) groups excluding carboxylic acids is 2. The summed E-state index contributed by atoms with van der Waals surface area (Å²) >= 11 is 0. The molecule has 1 saturated carbocycles. The van der Waals surface area contributed by atoms with Crippen molar-refractivity contribution in [1.29, 1.82) is 5.26 Å². The number of ether oxygens (including phenoxy) is 2. The van der Waals surface area contributed by atoms with Crippen molar-refractivity contribution in [2.45, 2.75) is 64.4 Å². The molecule has 32 heavy (non-hydrogen) atoms. The lowest BCUT2D eigenvalue weighted by atomic mass is 9.89. The molecule has 0 unspecified atom stereocenters. The largest absolute Gasteiger partial charge is 0.465 e. The smallest absolute Gasteiger partial charge is 0.410 e. The lowest BCUT2D eigenvalue weighted by Crippen LogP contribution is -2.41. The van der Waals surface area contributed by atoms with Crippen molar-refractivity contribution in [3.63, 3.8) is 0 Å². The van der Waals surface area contributed by atoms with Gasteiger partial charge in [0, 0.05) is 19.6 Å². The van der Waals surface area contributed by atoms with E-state index in [1.54, 1.807) is 17.0 Å². The minimum Gasteiger partial charge on any atom is -0.465 e. The molecule has 3 rings (SSSR count). The van der Waals surface area contributed by atoms with E-state index in [-0.39, 0.29) is 36.6 Å². The summed E-state index contributed by atoms with van der Waals surface area (Å²) in [4.78, 5) is 27.1. The third-order valence-corrected chi connectivity index (χ3v) is 5.72. The number of likely N-dealkylation sites (tertiary alicyclic amines) is 1. The highest BCUT2D eigenvalue weighted by Gasteiger charge is 2.28. The van der Waals surface area contributed by atoms with E-state index in [9.17, 15) is 19.2 Å². The van der Waals surface area contributed by atoms with Gasteiger partial charge in [0.2, 0.25) is 0 Å². The summed E-state index contributed by atoms with van der Waals surface area (Å²) in [6, 6.07) is 4.77. The number of anilines is 1. The third kappa shape index (κ3) is 6.84. The highest BCUT2D eigenvalue weighted by atomic mass is 19.1. The van der Waals surface area contributed by atoms with Crippen molar-refractivity contribution in [2.24, 2.45) is 5.92 Å². The molecule has 0 atom stereocenters. The number of halogens is 1. The van der Waals surface area contributed by atoms with Crippen LogP contribution in [0.15, 0.2) is 18.2 Å². The molecule has 0 spiro atoms. The standard InChI is InChI=1S/C24H32FN3O4/c1-24(2,3)32-23(30)27-11-8-18(9-12-27)19-6-7-20(25)21(14-19)28(16-26)13-10-22(29)31-15-17-4-5-17/h6-7,14,17-18H,4-5,8-13,15H2,1-3H3. The van der Waals surface area contributed by atoms with Crippen LogP contribution in [-0.4, -0.2) is 48.8 Å². The molecule has 2 fully saturated rings. The number of hydrogen-bond donors (Lipinski definition) is 0.